The first kappa shape index (κ1) is 11.9. The zero-order chi connectivity index (χ0) is 10.7. The fourth-order valence-corrected chi connectivity index (χ4v) is 4.91. The van der Waals surface area contributed by atoms with E-state index >= 15 is 0 Å². The number of thioether (sulfide) groups is 1. The van der Waals surface area contributed by atoms with E-state index in [-0.39, 0.29) is 0 Å². The second kappa shape index (κ2) is 5.69. The van der Waals surface area contributed by atoms with Gasteiger partial charge in [0.15, 0.2) is 0 Å². The van der Waals surface area contributed by atoms with Crippen LogP contribution in [-0.4, -0.2) is 39.3 Å². The third-order valence-electron chi connectivity index (χ3n) is 3.59. The maximum absolute atomic E-state index is 11.2. The molecule has 2 atom stereocenters. The quantitative estimate of drug-likeness (QED) is 0.824. The molecule has 88 valence electrons. The van der Waals surface area contributed by atoms with Crippen LogP contribution in [-0.2, 0) is 10.8 Å². The van der Waals surface area contributed by atoms with Crippen LogP contribution >= 0.6 is 11.8 Å². The number of rotatable bonds is 3. The van der Waals surface area contributed by atoms with Gasteiger partial charge in [-0.2, -0.15) is 11.8 Å². The second-order valence-electron chi connectivity index (χ2n) is 4.60. The fourth-order valence-electron chi connectivity index (χ4n) is 2.66. The van der Waals surface area contributed by atoms with Gasteiger partial charge in [-0.05, 0) is 31.9 Å². The smallest absolute Gasteiger partial charge is 0.0249 e. The van der Waals surface area contributed by atoms with Crippen LogP contribution < -0.4 is 5.32 Å². The predicted octanol–water partition coefficient (Wildman–Crippen LogP) is 1.77. The fraction of sp³-hybridized carbons (Fsp3) is 1.00. The molecule has 0 spiro atoms. The summed E-state index contributed by atoms with van der Waals surface area (Å²) in [6.07, 6.45) is 8.54. The minimum atomic E-state index is -0.520. The molecule has 0 aromatic rings. The van der Waals surface area contributed by atoms with Gasteiger partial charge in [0.2, 0.25) is 0 Å². The third-order valence-corrected chi connectivity index (χ3v) is 6.14. The number of hydrogen-bond acceptors (Lipinski definition) is 3. The summed E-state index contributed by atoms with van der Waals surface area (Å²) >= 11 is 2.01. The Morgan fingerprint density at radius 2 is 1.93 bits per heavy atom. The Bertz CT molecular complexity index is 225. The first-order valence-electron chi connectivity index (χ1n) is 5.93. The monoisotopic (exact) mass is 247 g/mol. The summed E-state index contributed by atoms with van der Waals surface area (Å²) in [6.45, 7) is 0. The normalized spacial score (nSPS) is 41.9. The molecule has 0 radical (unpaired) electrons. The predicted molar refractivity (Wildman–Crippen MR) is 69.0 cm³/mol. The second-order valence-corrected chi connectivity index (χ2v) is 7.37. The number of hydrogen-bond donors (Lipinski definition) is 1. The molecule has 2 aliphatic rings. The van der Waals surface area contributed by atoms with E-state index in [2.05, 4.69) is 11.6 Å². The molecule has 0 aromatic heterocycles. The van der Waals surface area contributed by atoms with E-state index in [1.54, 1.807) is 0 Å². The lowest BCUT2D eigenvalue weighted by atomic mass is 10.1. The molecule has 2 fully saturated rings. The van der Waals surface area contributed by atoms with Crippen molar-refractivity contribution in [3.63, 3.8) is 0 Å². The van der Waals surface area contributed by atoms with Gasteiger partial charge in [-0.1, -0.05) is 6.42 Å². The van der Waals surface area contributed by atoms with Gasteiger partial charge in [-0.15, -0.1) is 0 Å². The van der Waals surface area contributed by atoms with E-state index in [1.807, 2.05) is 11.8 Å². The Balaban J connectivity index is 1.78. The van der Waals surface area contributed by atoms with E-state index in [4.69, 9.17) is 0 Å². The Morgan fingerprint density at radius 3 is 2.60 bits per heavy atom. The summed E-state index contributed by atoms with van der Waals surface area (Å²) in [5.74, 6) is 1.82. The average molecular weight is 247 g/mol. The van der Waals surface area contributed by atoms with Crippen LogP contribution in [0, 0.1) is 0 Å². The van der Waals surface area contributed by atoms with Crippen molar-refractivity contribution < 1.29 is 4.21 Å². The Hall–Kier alpha value is 0.460. The topological polar surface area (TPSA) is 29.1 Å². The summed E-state index contributed by atoms with van der Waals surface area (Å²) < 4.78 is 11.2. The molecule has 0 aromatic carbocycles. The summed E-state index contributed by atoms with van der Waals surface area (Å²) in [7, 11) is -0.520. The lowest BCUT2D eigenvalue weighted by molar-refractivity contribution is 0.411. The molecule has 2 unspecified atom stereocenters. The van der Waals surface area contributed by atoms with Crippen LogP contribution in [0.25, 0.3) is 0 Å². The minimum absolute atomic E-state index is 0.520. The molecule has 1 saturated heterocycles. The van der Waals surface area contributed by atoms with Gasteiger partial charge in [0, 0.05) is 39.6 Å². The van der Waals surface area contributed by atoms with E-state index in [0.717, 1.165) is 35.6 Å². The molecule has 2 nitrogen and oxygen atoms in total. The molecule has 1 heterocycles. The average Bonchev–Trinajstić information content (AvgIpc) is 2.69. The summed E-state index contributed by atoms with van der Waals surface area (Å²) in [5, 5.41) is 4.60. The summed E-state index contributed by atoms with van der Waals surface area (Å²) in [5.41, 5.74) is 0. The lowest BCUT2D eigenvalue weighted by Gasteiger charge is -2.28. The van der Waals surface area contributed by atoms with Crippen LogP contribution in [0.2, 0.25) is 0 Å². The highest BCUT2D eigenvalue weighted by Crippen LogP contribution is 2.29. The Kier molecular flexibility index (Phi) is 4.52. The Morgan fingerprint density at radius 1 is 1.20 bits per heavy atom. The van der Waals surface area contributed by atoms with Gasteiger partial charge in [-0.3, -0.25) is 4.21 Å². The van der Waals surface area contributed by atoms with Crippen LogP contribution in [0.3, 0.4) is 0 Å². The van der Waals surface area contributed by atoms with Gasteiger partial charge >= 0.3 is 0 Å². The van der Waals surface area contributed by atoms with E-state index in [1.165, 1.54) is 19.3 Å². The molecule has 1 aliphatic heterocycles. The molecule has 4 heteroatoms. The van der Waals surface area contributed by atoms with E-state index < -0.39 is 10.8 Å². The molecular formula is C11H21NOS2. The zero-order valence-corrected chi connectivity index (χ0v) is 11.0. The zero-order valence-electron chi connectivity index (χ0n) is 9.41. The molecular weight excluding hydrogens is 226 g/mol. The maximum Gasteiger partial charge on any atom is 0.0249 e. The van der Waals surface area contributed by atoms with Crippen molar-refractivity contribution >= 4 is 22.6 Å². The van der Waals surface area contributed by atoms with Crippen molar-refractivity contribution in [1.29, 1.82) is 0 Å². The molecule has 0 bridgehead atoms. The minimum Gasteiger partial charge on any atom is -0.310 e. The van der Waals surface area contributed by atoms with Crippen molar-refractivity contribution in [2.24, 2.45) is 0 Å². The van der Waals surface area contributed by atoms with Crippen LogP contribution in [0.15, 0.2) is 0 Å². The van der Waals surface area contributed by atoms with Crippen molar-refractivity contribution in [2.45, 2.75) is 49.4 Å². The first-order valence-corrected chi connectivity index (χ1v) is 8.71. The van der Waals surface area contributed by atoms with Gasteiger partial charge in [-0.25, -0.2) is 0 Å². The van der Waals surface area contributed by atoms with Crippen molar-refractivity contribution in [2.75, 3.05) is 17.8 Å². The van der Waals surface area contributed by atoms with Crippen molar-refractivity contribution in [3.8, 4) is 0 Å². The highest BCUT2D eigenvalue weighted by Gasteiger charge is 2.29. The first-order chi connectivity index (χ1) is 7.29. The van der Waals surface area contributed by atoms with Gasteiger partial charge in [0.25, 0.3) is 0 Å². The van der Waals surface area contributed by atoms with Crippen molar-refractivity contribution in [3.05, 3.63) is 0 Å². The molecule has 1 aliphatic carbocycles. The van der Waals surface area contributed by atoms with Crippen molar-refractivity contribution in [1.82, 2.24) is 5.32 Å². The maximum atomic E-state index is 11.2. The highest BCUT2D eigenvalue weighted by atomic mass is 32.2. The molecule has 1 N–H and O–H groups in total. The molecule has 0 amide bonds. The van der Waals surface area contributed by atoms with E-state index in [9.17, 15) is 4.21 Å². The Labute approximate surface area is 99.4 Å². The molecule has 15 heavy (non-hydrogen) atoms. The van der Waals surface area contributed by atoms with Gasteiger partial charge < -0.3 is 5.32 Å². The largest absolute Gasteiger partial charge is 0.310 e. The SMILES string of the molecule is CSC1CCCC1NC1CCS(=O)CC1. The molecule has 2 rings (SSSR count). The van der Waals surface area contributed by atoms with Gasteiger partial charge in [0.05, 0.1) is 0 Å². The standard InChI is InChI=1S/C11H21NOS2/c1-14-11-4-2-3-10(11)12-9-5-7-15(13)8-6-9/h9-12H,2-8H2,1H3. The number of nitrogens with one attached hydrogen (secondary N) is 1. The molecule has 1 saturated carbocycles. The lowest BCUT2D eigenvalue weighted by Crippen LogP contribution is -2.44. The van der Waals surface area contributed by atoms with E-state index in [0.29, 0.717) is 6.04 Å². The van der Waals surface area contributed by atoms with Crippen LogP contribution in [0.5, 0.6) is 0 Å². The van der Waals surface area contributed by atoms with Gasteiger partial charge in [0.1, 0.15) is 0 Å². The third kappa shape index (κ3) is 3.21. The summed E-state index contributed by atoms with van der Waals surface area (Å²) in [6, 6.07) is 1.36. The van der Waals surface area contributed by atoms with Crippen LogP contribution in [0.4, 0.5) is 0 Å². The summed E-state index contributed by atoms with van der Waals surface area (Å²) in [4.78, 5) is 0. The van der Waals surface area contributed by atoms with Crippen LogP contribution in [0.1, 0.15) is 32.1 Å². The highest BCUT2D eigenvalue weighted by molar-refractivity contribution is 7.99.